The maximum atomic E-state index is 13.3. The van der Waals surface area contributed by atoms with E-state index < -0.39 is 29.0 Å². The summed E-state index contributed by atoms with van der Waals surface area (Å²) in [4.78, 5) is 36.0. The number of hydrazone groups is 1. The third-order valence-electron chi connectivity index (χ3n) is 2.74. The van der Waals surface area contributed by atoms with E-state index in [9.17, 15) is 18.8 Å². The van der Waals surface area contributed by atoms with Gasteiger partial charge in [-0.3, -0.25) is 14.6 Å². The maximum Gasteiger partial charge on any atom is 0.342 e. The molecule has 1 amide bonds. The average molecular weight is 320 g/mol. The van der Waals surface area contributed by atoms with Crippen LogP contribution in [0.3, 0.4) is 0 Å². The molecule has 0 saturated heterocycles. The van der Waals surface area contributed by atoms with Gasteiger partial charge in [-0.25, -0.2) is 19.7 Å². The molecule has 2 aromatic rings. The van der Waals surface area contributed by atoms with Crippen LogP contribution in [-0.4, -0.2) is 33.3 Å². The van der Waals surface area contributed by atoms with Crippen molar-refractivity contribution in [3.8, 4) is 0 Å². The smallest absolute Gasteiger partial charge is 0.342 e. The van der Waals surface area contributed by atoms with Crippen LogP contribution < -0.4 is 22.0 Å². The largest absolute Gasteiger partial charge is 0.353 e. The molecule has 10 heteroatoms. The normalized spacial score (nSPS) is 12.1. The lowest BCUT2D eigenvalue weighted by atomic mass is 10.2. The molecule has 1 heterocycles. The number of aromatic nitrogens is 3. The van der Waals surface area contributed by atoms with Crippen LogP contribution in [0.25, 0.3) is 0 Å². The fraction of sp³-hybridized carbons (Fsp3) is 0.154. The van der Waals surface area contributed by atoms with E-state index in [2.05, 4.69) is 20.9 Å². The first-order valence-electron chi connectivity index (χ1n) is 6.50. The topological polar surface area (TPSA) is 132 Å². The number of aromatic amines is 2. The van der Waals surface area contributed by atoms with Crippen molar-refractivity contribution in [2.45, 2.75) is 13.0 Å². The third kappa shape index (κ3) is 4.33. The summed E-state index contributed by atoms with van der Waals surface area (Å²) in [6, 6.07) is 5.06. The van der Waals surface area contributed by atoms with Crippen molar-refractivity contribution in [1.29, 1.82) is 0 Å². The molecule has 9 nitrogen and oxygen atoms in total. The molecule has 1 aromatic heterocycles. The average Bonchev–Trinajstić information content (AvgIpc) is 2.51. The number of anilines is 1. The Morgan fingerprint density at radius 2 is 2.13 bits per heavy atom. The van der Waals surface area contributed by atoms with Gasteiger partial charge in [-0.15, -0.1) is 5.10 Å². The molecule has 1 atom stereocenters. The minimum absolute atomic E-state index is 0.215. The van der Waals surface area contributed by atoms with Crippen molar-refractivity contribution in [3.63, 3.8) is 0 Å². The van der Waals surface area contributed by atoms with Crippen molar-refractivity contribution in [1.82, 2.24) is 20.6 Å². The molecule has 0 aliphatic carbocycles. The van der Waals surface area contributed by atoms with Crippen LogP contribution in [0.1, 0.15) is 12.5 Å². The Bertz CT molecular complexity index is 844. The van der Waals surface area contributed by atoms with Gasteiger partial charge in [-0.05, 0) is 13.0 Å². The number of nitrogens with one attached hydrogen (secondary N) is 4. The highest BCUT2D eigenvalue weighted by Gasteiger charge is 2.14. The number of carbonyl (C=O) groups is 1. The highest BCUT2D eigenvalue weighted by Crippen LogP contribution is 2.02. The third-order valence-corrected chi connectivity index (χ3v) is 2.74. The maximum absolute atomic E-state index is 13.3. The van der Waals surface area contributed by atoms with Crippen LogP contribution in [0.2, 0.25) is 0 Å². The lowest BCUT2D eigenvalue weighted by molar-refractivity contribution is -0.121. The first-order valence-corrected chi connectivity index (χ1v) is 6.50. The van der Waals surface area contributed by atoms with Crippen LogP contribution in [0, 0.1) is 5.82 Å². The molecule has 23 heavy (non-hydrogen) atoms. The van der Waals surface area contributed by atoms with E-state index in [1.54, 1.807) is 6.07 Å². The van der Waals surface area contributed by atoms with E-state index in [0.29, 0.717) is 0 Å². The quantitative estimate of drug-likeness (QED) is 0.437. The molecule has 0 saturated carbocycles. The van der Waals surface area contributed by atoms with Crippen LogP contribution in [0.5, 0.6) is 0 Å². The van der Waals surface area contributed by atoms with Crippen LogP contribution in [0.4, 0.5) is 10.2 Å². The zero-order valence-corrected chi connectivity index (χ0v) is 12.0. The first-order chi connectivity index (χ1) is 11.0. The number of carbonyl (C=O) groups excluding carboxylic acids is 1. The van der Waals surface area contributed by atoms with Crippen molar-refractivity contribution >= 4 is 17.9 Å². The summed E-state index contributed by atoms with van der Waals surface area (Å²) in [5, 5.41) is 11.7. The molecule has 0 bridgehead atoms. The lowest BCUT2D eigenvalue weighted by Gasteiger charge is -2.11. The molecule has 0 aliphatic rings. The summed E-state index contributed by atoms with van der Waals surface area (Å²) in [6.07, 6.45) is 1.16. The Balaban J connectivity index is 1.96. The van der Waals surface area contributed by atoms with Crippen molar-refractivity contribution in [2.75, 3.05) is 5.32 Å². The fourth-order valence-electron chi connectivity index (χ4n) is 1.56. The van der Waals surface area contributed by atoms with E-state index in [0.717, 1.165) is 6.21 Å². The molecule has 0 unspecified atom stereocenters. The number of halogens is 1. The molecular weight excluding hydrogens is 307 g/mol. The van der Waals surface area contributed by atoms with Crippen molar-refractivity contribution in [3.05, 3.63) is 56.5 Å². The summed E-state index contributed by atoms with van der Waals surface area (Å²) < 4.78 is 13.3. The second-order valence-electron chi connectivity index (χ2n) is 4.48. The molecule has 0 aliphatic heterocycles. The Hall–Kier alpha value is -3.30. The van der Waals surface area contributed by atoms with Gasteiger partial charge in [0.1, 0.15) is 11.9 Å². The van der Waals surface area contributed by atoms with Gasteiger partial charge in [0.15, 0.2) is 0 Å². The Kier molecular flexibility index (Phi) is 4.97. The van der Waals surface area contributed by atoms with Gasteiger partial charge in [0.25, 0.3) is 11.5 Å². The summed E-state index contributed by atoms with van der Waals surface area (Å²) in [7, 11) is 0. The van der Waals surface area contributed by atoms with Crippen molar-refractivity contribution < 1.29 is 9.18 Å². The van der Waals surface area contributed by atoms with Gasteiger partial charge >= 0.3 is 5.69 Å². The van der Waals surface area contributed by atoms with Crippen LogP contribution >= 0.6 is 0 Å². The molecule has 2 rings (SSSR count). The first kappa shape index (κ1) is 16.1. The van der Waals surface area contributed by atoms with Gasteiger partial charge < -0.3 is 5.32 Å². The number of amides is 1. The predicted molar refractivity (Wildman–Crippen MR) is 80.7 cm³/mol. The molecule has 4 N–H and O–H groups in total. The number of rotatable bonds is 5. The van der Waals surface area contributed by atoms with Gasteiger partial charge in [0, 0.05) is 5.56 Å². The molecule has 0 radical (unpaired) electrons. The number of H-pyrrole nitrogens is 2. The number of benzene rings is 1. The molecule has 1 aromatic carbocycles. The molecule has 120 valence electrons. The van der Waals surface area contributed by atoms with E-state index >= 15 is 0 Å². The number of nitrogens with zero attached hydrogens (tertiary/aromatic N) is 2. The Morgan fingerprint density at radius 1 is 1.39 bits per heavy atom. The van der Waals surface area contributed by atoms with Gasteiger partial charge in [0.2, 0.25) is 5.82 Å². The highest BCUT2D eigenvalue weighted by molar-refractivity contribution is 5.86. The number of hydrogen-bond acceptors (Lipinski definition) is 6. The van der Waals surface area contributed by atoms with E-state index in [4.69, 9.17) is 0 Å². The minimum atomic E-state index is -0.868. The van der Waals surface area contributed by atoms with Gasteiger partial charge in [-0.2, -0.15) is 5.10 Å². The lowest BCUT2D eigenvalue weighted by Crippen LogP contribution is -2.38. The van der Waals surface area contributed by atoms with E-state index in [1.807, 2.05) is 10.1 Å². The van der Waals surface area contributed by atoms with Crippen LogP contribution in [0.15, 0.2) is 39.0 Å². The van der Waals surface area contributed by atoms with Crippen molar-refractivity contribution in [2.24, 2.45) is 5.10 Å². The predicted octanol–water partition coefficient (Wildman–Crippen LogP) is -0.452. The standard InChI is InChI=1S/C13H13FN6O3/c1-7(16-10-12(22)17-13(23)20-18-10)11(21)19-15-6-8-4-2-3-5-9(8)14/h2-7H,1H3,(H,16,18)(H,19,21)(H2,17,20,22,23)/b15-6-/t7-/m1/s1. The van der Waals surface area contributed by atoms with E-state index in [1.165, 1.54) is 25.1 Å². The van der Waals surface area contributed by atoms with E-state index in [-0.39, 0.29) is 11.4 Å². The SMILES string of the molecule is C[C@@H](Nc1n[nH]c(=O)[nH]c1=O)C(=O)N/N=C\c1ccccc1F. The summed E-state index contributed by atoms with van der Waals surface area (Å²) in [6.45, 7) is 1.46. The summed E-state index contributed by atoms with van der Waals surface area (Å²) in [5.41, 5.74) is 0.895. The highest BCUT2D eigenvalue weighted by atomic mass is 19.1. The Labute approximate surface area is 128 Å². The second-order valence-corrected chi connectivity index (χ2v) is 4.48. The van der Waals surface area contributed by atoms with Crippen LogP contribution in [-0.2, 0) is 4.79 Å². The second kappa shape index (κ2) is 7.11. The fourth-order valence-corrected chi connectivity index (χ4v) is 1.56. The minimum Gasteiger partial charge on any atom is -0.353 e. The summed E-state index contributed by atoms with van der Waals surface area (Å²) in [5.74, 6) is -1.27. The molecule has 0 fully saturated rings. The Morgan fingerprint density at radius 3 is 2.83 bits per heavy atom. The number of hydrogen-bond donors (Lipinski definition) is 4. The molecular formula is C13H13FN6O3. The van der Waals surface area contributed by atoms with Gasteiger partial charge in [0.05, 0.1) is 6.21 Å². The zero-order valence-electron chi connectivity index (χ0n) is 12.0. The van der Waals surface area contributed by atoms with Gasteiger partial charge in [-0.1, -0.05) is 18.2 Å². The zero-order chi connectivity index (χ0) is 16.8. The molecule has 0 spiro atoms. The summed E-state index contributed by atoms with van der Waals surface area (Å²) >= 11 is 0. The monoisotopic (exact) mass is 320 g/mol.